The number of nitrogens with zero attached hydrogens (tertiary/aromatic N) is 1. The molecular formula is C24H21FN2O2. The molecule has 1 heterocycles. The molecule has 0 fully saturated rings. The summed E-state index contributed by atoms with van der Waals surface area (Å²) in [5.41, 5.74) is 1.74. The number of benzene rings is 3. The molecule has 5 heteroatoms. The normalized spacial score (nSPS) is 14.4. The molecule has 0 atom stereocenters. The molecule has 0 saturated heterocycles. The third kappa shape index (κ3) is 3.51. The average Bonchev–Trinajstić information content (AvgIpc) is 2.93. The lowest BCUT2D eigenvalue weighted by molar-refractivity contribution is -0.137. The molecule has 146 valence electrons. The van der Waals surface area contributed by atoms with Crippen LogP contribution >= 0.6 is 0 Å². The second-order valence-electron chi connectivity index (χ2n) is 7.52. The zero-order valence-electron chi connectivity index (χ0n) is 16.3. The average molecular weight is 388 g/mol. The molecule has 1 aliphatic rings. The van der Waals surface area contributed by atoms with E-state index in [0.29, 0.717) is 12.1 Å². The maximum atomic E-state index is 13.4. The second kappa shape index (κ2) is 7.51. The molecule has 4 nitrogen and oxygen atoms in total. The summed E-state index contributed by atoms with van der Waals surface area (Å²) in [7, 11) is 0. The van der Waals surface area contributed by atoms with Crippen molar-refractivity contribution in [2.75, 3.05) is 11.9 Å². The van der Waals surface area contributed by atoms with Crippen molar-refractivity contribution in [3.05, 3.63) is 83.8 Å². The van der Waals surface area contributed by atoms with Gasteiger partial charge in [-0.3, -0.25) is 14.5 Å². The van der Waals surface area contributed by atoms with Crippen molar-refractivity contribution >= 4 is 33.8 Å². The fourth-order valence-electron chi connectivity index (χ4n) is 3.58. The molecule has 3 aromatic rings. The van der Waals surface area contributed by atoms with Crippen molar-refractivity contribution < 1.29 is 14.0 Å². The molecule has 1 aliphatic heterocycles. The van der Waals surface area contributed by atoms with Crippen LogP contribution in [-0.4, -0.2) is 23.3 Å². The second-order valence-corrected chi connectivity index (χ2v) is 7.52. The van der Waals surface area contributed by atoms with E-state index in [2.05, 4.69) is 5.32 Å². The third-order valence-corrected chi connectivity index (χ3v) is 4.90. The summed E-state index contributed by atoms with van der Waals surface area (Å²) in [4.78, 5) is 27.5. The van der Waals surface area contributed by atoms with Gasteiger partial charge in [0.15, 0.2) is 0 Å². The zero-order valence-corrected chi connectivity index (χ0v) is 16.3. The summed E-state index contributed by atoms with van der Waals surface area (Å²) >= 11 is 0. The van der Waals surface area contributed by atoms with Crippen LogP contribution in [-0.2, 0) is 9.59 Å². The predicted octanol–water partition coefficient (Wildman–Crippen LogP) is 4.83. The van der Waals surface area contributed by atoms with Crippen molar-refractivity contribution in [1.82, 2.24) is 4.90 Å². The highest BCUT2D eigenvalue weighted by atomic mass is 19.1. The van der Waals surface area contributed by atoms with Crippen LogP contribution in [0, 0.1) is 11.7 Å². The standard InChI is InChI=1S/C24H21FN2O2/c1-15(2)14-27-23(28)21(17-10-12-18(25)13-11-17)22(24(27)29)26-20-9-5-7-16-6-3-4-8-19(16)20/h3-13,15,26H,14H2,1-2H3. The van der Waals surface area contributed by atoms with Crippen LogP contribution in [0.5, 0.6) is 0 Å². The van der Waals surface area contributed by atoms with Gasteiger partial charge in [-0.15, -0.1) is 0 Å². The van der Waals surface area contributed by atoms with Gasteiger partial charge in [-0.1, -0.05) is 62.4 Å². The summed E-state index contributed by atoms with van der Waals surface area (Å²) in [5.74, 6) is -0.989. The molecule has 0 bridgehead atoms. The predicted molar refractivity (Wildman–Crippen MR) is 112 cm³/mol. The number of nitrogens with one attached hydrogen (secondary N) is 1. The van der Waals surface area contributed by atoms with Crippen molar-refractivity contribution in [3.63, 3.8) is 0 Å². The number of carbonyl (C=O) groups excluding carboxylic acids is 2. The Morgan fingerprint density at radius 3 is 2.31 bits per heavy atom. The number of fused-ring (bicyclic) bond motifs is 1. The van der Waals surface area contributed by atoms with E-state index in [9.17, 15) is 14.0 Å². The molecule has 0 spiro atoms. The Morgan fingerprint density at radius 1 is 0.897 bits per heavy atom. The van der Waals surface area contributed by atoms with Gasteiger partial charge in [0.1, 0.15) is 11.5 Å². The van der Waals surface area contributed by atoms with E-state index in [4.69, 9.17) is 0 Å². The molecule has 29 heavy (non-hydrogen) atoms. The Hall–Kier alpha value is -3.47. The van der Waals surface area contributed by atoms with E-state index in [-0.39, 0.29) is 29.0 Å². The first kappa shape index (κ1) is 18.9. The molecule has 0 aliphatic carbocycles. The number of halogens is 1. The fraction of sp³-hybridized carbons (Fsp3) is 0.167. The Labute approximate surface area is 168 Å². The van der Waals surface area contributed by atoms with E-state index in [0.717, 1.165) is 16.5 Å². The highest BCUT2D eigenvalue weighted by Crippen LogP contribution is 2.33. The van der Waals surface area contributed by atoms with E-state index < -0.39 is 5.82 Å². The first-order chi connectivity index (χ1) is 14.0. The number of amides is 2. The Bertz CT molecular complexity index is 1130. The Balaban J connectivity index is 1.83. The van der Waals surface area contributed by atoms with Gasteiger partial charge in [-0.05, 0) is 35.1 Å². The molecule has 1 N–H and O–H groups in total. The maximum Gasteiger partial charge on any atom is 0.278 e. The van der Waals surface area contributed by atoms with Crippen LogP contribution in [0.4, 0.5) is 10.1 Å². The summed E-state index contributed by atoms with van der Waals surface area (Å²) < 4.78 is 13.4. The van der Waals surface area contributed by atoms with Crippen LogP contribution in [0.3, 0.4) is 0 Å². The van der Waals surface area contributed by atoms with Crippen molar-refractivity contribution in [1.29, 1.82) is 0 Å². The molecular weight excluding hydrogens is 367 g/mol. The van der Waals surface area contributed by atoms with Gasteiger partial charge in [-0.2, -0.15) is 0 Å². The monoisotopic (exact) mass is 388 g/mol. The van der Waals surface area contributed by atoms with Gasteiger partial charge >= 0.3 is 0 Å². The Kier molecular flexibility index (Phi) is 4.89. The lowest BCUT2D eigenvalue weighted by Gasteiger charge is -2.17. The summed E-state index contributed by atoms with van der Waals surface area (Å²) in [5, 5.41) is 5.18. The van der Waals surface area contributed by atoms with Gasteiger partial charge < -0.3 is 5.32 Å². The number of carbonyl (C=O) groups is 2. The highest BCUT2D eigenvalue weighted by molar-refractivity contribution is 6.36. The van der Waals surface area contributed by atoms with Gasteiger partial charge in [0.25, 0.3) is 11.8 Å². The van der Waals surface area contributed by atoms with Crippen LogP contribution in [0.15, 0.2) is 72.4 Å². The SMILES string of the molecule is CC(C)CN1C(=O)C(Nc2cccc3ccccc23)=C(c2ccc(F)cc2)C1=O. The van der Waals surface area contributed by atoms with Crippen LogP contribution in [0.2, 0.25) is 0 Å². The molecule has 0 aromatic heterocycles. The van der Waals surface area contributed by atoms with E-state index >= 15 is 0 Å². The smallest absolute Gasteiger partial charge is 0.278 e. The van der Waals surface area contributed by atoms with Gasteiger partial charge in [-0.25, -0.2) is 4.39 Å². The van der Waals surface area contributed by atoms with E-state index in [1.54, 1.807) is 0 Å². The summed E-state index contributed by atoms with van der Waals surface area (Å²) in [6, 6.07) is 19.2. The molecule has 3 aromatic carbocycles. The topological polar surface area (TPSA) is 49.4 Å². The number of anilines is 1. The van der Waals surface area contributed by atoms with Crippen molar-refractivity contribution in [2.45, 2.75) is 13.8 Å². The van der Waals surface area contributed by atoms with Crippen molar-refractivity contribution in [2.24, 2.45) is 5.92 Å². The minimum absolute atomic E-state index is 0.134. The number of hydrogen-bond donors (Lipinski definition) is 1. The Morgan fingerprint density at radius 2 is 1.59 bits per heavy atom. The summed E-state index contributed by atoms with van der Waals surface area (Å²) in [6.45, 7) is 4.23. The van der Waals surface area contributed by atoms with Crippen LogP contribution in [0.25, 0.3) is 16.3 Å². The molecule has 0 unspecified atom stereocenters. The molecule has 0 saturated carbocycles. The van der Waals surface area contributed by atoms with Gasteiger partial charge in [0.2, 0.25) is 0 Å². The largest absolute Gasteiger partial charge is 0.350 e. The number of hydrogen-bond acceptors (Lipinski definition) is 3. The molecule has 0 radical (unpaired) electrons. The number of imide groups is 1. The van der Waals surface area contributed by atoms with E-state index in [1.165, 1.54) is 29.2 Å². The first-order valence-electron chi connectivity index (χ1n) is 9.57. The van der Waals surface area contributed by atoms with E-state index in [1.807, 2.05) is 56.3 Å². The minimum Gasteiger partial charge on any atom is -0.350 e. The number of rotatable bonds is 5. The van der Waals surface area contributed by atoms with Crippen LogP contribution < -0.4 is 5.32 Å². The molecule has 4 rings (SSSR count). The lowest BCUT2D eigenvalue weighted by atomic mass is 10.0. The first-order valence-corrected chi connectivity index (χ1v) is 9.57. The maximum absolute atomic E-state index is 13.4. The van der Waals surface area contributed by atoms with Crippen molar-refractivity contribution in [3.8, 4) is 0 Å². The quantitative estimate of drug-likeness (QED) is 0.637. The minimum atomic E-state index is -0.395. The van der Waals surface area contributed by atoms with Gasteiger partial charge in [0.05, 0.1) is 5.57 Å². The van der Waals surface area contributed by atoms with Crippen LogP contribution in [0.1, 0.15) is 19.4 Å². The summed E-state index contributed by atoms with van der Waals surface area (Å²) in [6.07, 6.45) is 0. The molecule has 2 amide bonds. The third-order valence-electron chi connectivity index (χ3n) is 4.90. The lowest BCUT2D eigenvalue weighted by Crippen LogP contribution is -2.35. The fourth-order valence-corrected chi connectivity index (χ4v) is 3.58. The highest BCUT2D eigenvalue weighted by Gasteiger charge is 2.39. The zero-order chi connectivity index (χ0) is 20.5. The van der Waals surface area contributed by atoms with Gasteiger partial charge in [0, 0.05) is 17.6 Å².